The minimum atomic E-state index is -0.118. The van der Waals surface area contributed by atoms with Crippen molar-refractivity contribution in [2.24, 2.45) is 7.05 Å². The van der Waals surface area contributed by atoms with Gasteiger partial charge in [0.2, 0.25) is 0 Å². The highest BCUT2D eigenvalue weighted by Gasteiger charge is 2.15. The van der Waals surface area contributed by atoms with Gasteiger partial charge in [0.25, 0.3) is 0 Å². The SMILES string of the molecule is Cn1nncc1C(=O)Cc1c(Cl)cccc1Cl. The summed E-state index contributed by atoms with van der Waals surface area (Å²) in [5, 5.41) is 8.33. The van der Waals surface area contributed by atoms with Crippen LogP contribution in [0.2, 0.25) is 10.0 Å². The lowest BCUT2D eigenvalue weighted by Crippen LogP contribution is -2.10. The fourth-order valence-corrected chi connectivity index (χ4v) is 2.03. The van der Waals surface area contributed by atoms with Gasteiger partial charge in [0.05, 0.1) is 6.20 Å². The molecular weight excluding hydrogens is 261 g/mol. The largest absolute Gasteiger partial charge is 0.292 e. The first kappa shape index (κ1) is 12.1. The highest BCUT2D eigenvalue weighted by molar-refractivity contribution is 6.36. The van der Waals surface area contributed by atoms with Crippen LogP contribution in [0.4, 0.5) is 0 Å². The Morgan fingerprint density at radius 3 is 2.53 bits per heavy atom. The number of carbonyl (C=O) groups excluding carboxylic acids is 1. The van der Waals surface area contributed by atoms with Crippen LogP contribution in [0, 0.1) is 0 Å². The summed E-state index contributed by atoms with van der Waals surface area (Å²) in [7, 11) is 1.66. The first-order valence-electron chi connectivity index (χ1n) is 4.90. The van der Waals surface area contributed by atoms with Gasteiger partial charge in [-0.2, -0.15) is 0 Å². The van der Waals surface area contributed by atoms with Gasteiger partial charge in [0, 0.05) is 23.5 Å². The molecule has 0 aliphatic heterocycles. The molecule has 2 aromatic rings. The Balaban J connectivity index is 2.28. The number of Topliss-reactive ketones (excluding diaryl/α,β-unsaturated/α-hetero) is 1. The van der Waals surface area contributed by atoms with Crippen LogP contribution in [0.15, 0.2) is 24.4 Å². The average molecular weight is 270 g/mol. The van der Waals surface area contributed by atoms with Gasteiger partial charge < -0.3 is 0 Å². The molecule has 0 bridgehead atoms. The summed E-state index contributed by atoms with van der Waals surface area (Å²) in [6, 6.07) is 5.15. The summed E-state index contributed by atoms with van der Waals surface area (Å²) < 4.78 is 1.42. The van der Waals surface area contributed by atoms with E-state index in [1.807, 2.05) is 0 Å². The number of hydrogen-bond acceptors (Lipinski definition) is 3. The summed E-state index contributed by atoms with van der Waals surface area (Å²) >= 11 is 12.0. The van der Waals surface area contributed by atoms with Crippen LogP contribution in [-0.4, -0.2) is 20.8 Å². The van der Waals surface area contributed by atoms with E-state index in [0.717, 1.165) is 0 Å². The second kappa shape index (κ2) is 4.85. The molecule has 0 fully saturated rings. The number of halogens is 2. The summed E-state index contributed by atoms with van der Waals surface area (Å²) in [5.74, 6) is -0.118. The van der Waals surface area contributed by atoms with Crippen molar-refractivity contribution in [1.82, 2.24) is 15.0 Å². The Morgan fingerprint density at radius 2 is 2.00 bits per heavy atom. The third-order valence-corrected chi connectivity index (χ3v) is 3.11. The zero-order valence-electron chi connectivity index (χ0n) is 9.02. The zero-order chi connectivity index (χ0) is 12.4. The lowest BCUT2D eigenvalue weighted by molar-refractivity contribution is 0.0984. The maximum absolute atomic E-state index is 12.0. The summed E-state index contributed by atoms with van der Waals surface area (Å²) in [5.41, 5.74) is 1.06. The van der Waals surface area contributed by atoms with E-state index < -0.39 is 0 Å². The Bertz CT molecular complexity index is 545. The van der Waals surface area contributed by atoms with Crippen molar-refractivity contribution in [3.63, 3.8) is 0 Å². The van der Waals surface area contributed by atoms with E-state index in [1.165, 1.54) is 10.9 Å². The maximum Gasteiger partial charge on any atom is 0.186 e. The number of rotatable bonds is 3. The lowest BCUT2D eigenvalue weighted by Gasteiger charge is -2.05. The molecule has 0 aliphatic carbocycles. The molecule has 6 heteroatoms. The fraction of sp³-hybridized carbons (Fsp3) is 0.182. The molecule has 1 aromatic heterocycles. The van der Waals surface area contributed by atoms with Crippen molar-refractivity contribution >= 4 is 29.0 Å². The number of carbonyl (C=O) groups is 1. The van der Waals surface area contributed by atoms with E-state index in [0.29, 0.717) is 21.3 Å². The molecular formula is C11H9Cl2N3O. The van der Waals surface area contributed by atoms with Crippen molar-refractivity contribution in [2.75, 3.05) is 0 Å². The predicted octanol–water partition coefficient (Wildman–Crippen LogP) is 2.55. The number of benzene rings is 1. The van der Waals surface area contributed by atoms with Gasteiger partial charge in [0.1, 0.15) is 5.69 Å². The number of nitrogens with zero attached hydrogens (tertiary/aromatic N) is 3. The molecule has 1 heterocycles. The van der Waals surface area contributed by atoms with E-state index in [1.54, 1.807) is 25.2 Å². The second-order valence-corrected chi connectivity index (χ2v) is 4.36. The molecule has 17 heavy (non-hydrogen) atoms. The normalized spacial score (nSPS) is 10.5. The molecule has 0 spiro atoms. The Morgan fingerprint density at radius 1 is 1.35 bits per heavy atom. The van der Waals surface area contributed by atoms with Crippen molar-refractivity contribution < 1.29 is 4.79 Å². The van der Waals surface area contributed by atoms with Gasteiger partial charge in [0.15, 0.2) is 5.78 Å². The average Bonchev–Trinajstić information content (AvgIpc) is 2.70. The highest BCUT2D eigenvalue weighted by atomic mass is 35.5. The Labute approximate surface area is 108 Å². The van der Waals surface area contributed by atoms with Crippen molar-refractivity contribution in [3.8, 4) is 0 Å². The van der Waals surface area contributed by atoms with Gasteiger partial charge >= 0.3 is 0 Å². The third kappa shape index (κ3) is 2.48. The van der Waals surface area contributed by atoms with E-state index >= 15 is 0 Å². The number of aryl methyl sites for hydroxylation is 1. The van der Waals surface area contributed by atoms with Crippen molar-refractivity contribution in [1.29, 1.82) is 0 Å². The van der Waals surface area contributed by atoms with Gasteiger partial charge in [-0.05, 0) is 17.7 Å². The van der Waals surface area contributed by atoms with Gasteiger partial charge in [-0.15, -0.1) is 5.10 Å². The quantitative estimate of drug-likeness (QED) is 0.805. The van der Waals surface area contributed by atoms with E-state index in [4.69, 9.17) is 23.2 Å². The van der Waals surface area contributed by atoms with E-state index in [9.17, 15) is 4.79 Å². The van der Waals surface area contributed by atoms with Crippen LogP contribution < -0.4 is 0 Å². The van der Waals surface area contributed by atoms with E-state index in [2.05, 4.69) is 10.3 Å². The van der Waals surface area contributed by atoms with Crippen molar-refractivity contribution in [3.05, 3.63) is 45.7 Å². The monoisotopic (exact) mass is 269 g/mol. The molecule has 0 N–H and O–H groups in total. The van der Waals surface area contributed by atoms with Crippen LogP contribution in [0.5, 0.6) is 0 Å². The highest BCUT2D eigenvalue weighted by Crippen LogP contribution is 2.25. The predicted molar refractivity (Wildman–Crippen MR) is 65.5 cm³/mol. The molecule has 4 nitrogen and oxygen atoms in total. The minimum Gasteiger partial charge on any atom is -0.292 e. The first-order valence-corrected chi connectivity index (χ1v) is 5.66. The van der Waals surface area contributed by atoms with Gasteiger partial charge in [-0.1, -0.05) is 34.5 Å². The van der Waals surface area contributed by atoms with Crippen LogP contribution in [0.3, 0.4) is 0 Å². The van der Waals surface area contributed by atoms with Gasteiger partial charge in [-0.3, -0.25) is 4.79 Å². The molecule has 0 aliphatic rings. The molecule has 0 unspecified atom stereocenters. The Kier molecular flexibility index (Phi) is 3.45. The molecule has 0 radical (unpaired) electrons. The molecule has 0 saturated heterocycles. The fourth-order valence-electron chi connectivity index (χ4n) is 1.49. The van der Waals surface area contributed by atoms with E-state index in [-0.39, 0.29) is 12.2 Å². The number of ketones is 1. The third-order valence-electron chi connectivity index (χ3n) is 2.40. The summed E-state index contributed by atoms with van der Waals surface area (Å²) in [6.45, 7) is 0. The zero-order valence-corrected chi connectivity index (χ0v) is 10.5. The summed E-state index contributed by atoms with van der Waals surface area (Å²) in [6.07, 6.45) is 1.56. The maximum atomic E-state index is 12.0. The molecule has 88 valence electrons. The van der Waals surface area contributed by atoms with Crippen LogP contribution in [0.1, 0.15) is 16.1 Å². The van der Waals surface area contributed by atoms with Crippen molar-refractivity contribution in [2.45, 2.75) is 6.42 Å². The van der Waals surface area contributed by atoms with Gasteiger partial charge in [-0.25, -0.2) is 4.68 Å². The smallest absolute Gasteiger partial charge is 0.186 e. The summed E-state index contributed by atoms with van der Waals surface area (Å²) in [4.78, 5) is 12.0. The Hall–Kier alpha value is -1.39. The minimum absolute atomic E-state index is 0.118. The first-order chi connectivity index (χ1) is 8.09. The molecule has 0 saturated carbocycles. The molecule has 0 amide bonds. The molecule has 0 atom stereocenters. The van der Waals surface area contributed by atoms with Crippen LogP contribution in [0.25, 0.3) is 0 Å². The molecule has 2 rings (SSSR count). The second-order valence-electron chi connectivity index (χ2n) is 3.54. The standard InChI is InChI=1S/C11H9Cl2N3O/c1-16-10(6-14-15-16)11(17)5-7-8(12)3-2-4-9(7)13/h2-4,6H,5H2,1H3. The number of aromatic nitrogens is 3. The number of hydrogen-bond donors (Lipinski definition) is 0. The molecule has 1 aromatic carbocycles. The van der Waals surface area contributed by atoms with Crippen LogP contribution in [-0.2, 0) is 13.5 Å². The lowest BCUT2D eigenvalue weighted by atomic mass is 10.1. The van der Waals surface area contributed by atoms with Crippen LogP contribution >= 0.6 is 23.2 Å². The topological polar surface area (TPSA) is 47.8 Å².